The van der Waals surface area contributed by atoms with Crippen LogP contribution in [-0.2, 0) is 17.6 Å². The number of carbonyl (C=O) groups excluding carboxylic acids is 1. The van der Waals surface area contributed by atoms with Crippen LogP contribution in [0.25, 0.3) is 10.9 Å². The molecule has 0 bridgehead atoms. The zero-order chi connectivity index (χ0) is 16.2. The lowest BCUT2D eigenvalue weighted by atomic mass is 9.99. The minimum Gasteiger partial charge on any atom is -0.465 e. The number of nitrogens with zero attached hydrogens (tertiary/aromatic N) is 1. The van der Waals surface area contributed by atoms with Gasteiger partial charge in [-0.3, -0.25) is 4.98 Å². The van der Waals surface area contributed by atoms with Crippen molar-refractivity contribution in [2.45, 2.75) is 19.8 Å². The molecule has 2 aromatic carbocycles. The van der Waals surface area contributed by atoms with Crippen molar-refractivity contribution in [1.29, 1.82) is 0 Å². The van der Waals surface area contributed by atoms with Crippen LogP contribution in [0.15, 0.2) is 54.6 Å². The van der Waals surface area contributed by atoms with Gasteiger partial charge in [0.2, 0.25) is 0 Å². The Kier molecular flexibility index (Phi) is 4.38. The molecule has 0 atom stereocenters. The molecule has 0 fully saturated rings. The van der Waals surface area contributed by atoms with Crippen LogP contribution in [0.1, 0.15) is 34.1 Å². The normalized spacial score (nSPS) is 10.7. The van der Waals surface area contributed by atoms with Gasteiger partial charge in [-0.1, -0.05) is 37.3 Å². The minimum atomic E-state index is -0.306. The van der Waals surface area contributed by atoms with Gasteiger partial charge in [0.15, 0.2) is 0 Å². The molecule has 0 spiro atoms. The summed E-state index contributed by atoms with van der Waals surface area (Å²) >= 11 is 0. The van der Waals surface area contributed by atoms with E-state index < -0.39 is 0 Å². The fourth-order valence-electron chi connectivity index (χ4n) is 2.73. The molecule has 3 rings (SSSR count). The summed E-state index contributed by atoms with van der Waals surface area (Å²) in [6, 6.07) is 18.0. The van der Waals surface area contributed by atoms with Crippen molar-refractivity contribution in [2.75, 3.05) is 7.11 Å². The molecule has 116 valence electrons. The molecule has 0 N–H and O–H groups in total. The standard InChI is InChI=1S/C20H19NO2/c1-3-17-13-16(18-6-4-5-7-19(18)21-17)12-14-8-10-15(11-9-14)20(22)23-2/h4-11,13H,3,12H2,1-2H3. The van der Waals surface area contributed by atoms with E-state index in [1.807, 2.05) is 36.4 Å². The second-order valence-electron chi connectivity index (χ2n) is 5.51. The van der Waals surface area contributed by atoms with Gasteiger partial charge < -0.3 is 4.74 Å². The Labute approximate surface area is 135 Å². The summed E-state index contributed by atoms with van der Waals surface area (Å²) in [5.41, 5.74) is 5.14. The maximum Gasteiger partial charge on any atom is 0.337 e. The Morgan fingerprint density at radius 3 is 2.52 bits per heavy atom. The van der Waals surface area contributed by atoms with Gasteiger partial charge in [0.25, 0.3) is 0 Å². The zero-order valence-corrected chi connectivity index (χ0v) is 13.4. The highest BCUT2D eigenvalue weighted by Crippen LogP contribution is 2.22. The number of benzene rings is 2. The third kappa shape index (κ3) is 3.24. The van der Waals surface area contributed by atoms with Gasteiger partial charge >= 0.3 is 5.97 Å². The van der Waals surface area contributed by atoms with Crippen molar-refractivity contribution in [3.63, 3.8) is 0 Å². The molecular weight excluding hydrogens is 286 g/mol. The molecule has 0 radical (unpaired) electrons. The van der Waals surface area contributed by atoms with E-state index in [9.17, 15) is 4.79 Å². The van der Waals surface area contributed by atoms with Crippen LogP contribution < -0.4 is 0 Å². The molecule has 3 aromatic rings. The number of esters is 1. The highest BCUT2D eigenvalue weighted by Gasteiger charge is 2.08. The molecule has 3 heteroatoms. The highest BCUT2D eigenvalue weighted by atomic mass is 16.5. The summed E-state index contributed by atoms with van der Waals surface area (Å²) in [4.78, 5) is 16.2. The lowest BCUT2D eigenvalue weighted by Gasteiger charge is -2.09. The molecule has 1 aromatic heterocycles. The molecule has 0 unspecified atom stereocenters. The Balaban J connectivity index is 1.96. The summed E-state index contributed by atoms with van der Waals surface area (Å²) in [5, 5.41) is 1.18. The average Bonchev–Trinajstić information content (AvgIpc) is 2.61. The number of hydrogen-bond donors (Lipinski definition) is 0. The maximum atomic E-state index is 11.5. The third-order valence-electron chi connectivity index (χ3n) is 3.99. The number of rotatable bonds is 4. The van der Waals surface area contributed by atoms with Crippen LogP contribution in [-0.4, -0.2) is 18.1 Å². The quantitative estimate of drug-likeness (QED) is 0.679. The van der Waals surface area contributed by atoms with Crippen molar-refractivity contribution in [2.24, 2.45) is 0 Å². The highest BCUT2D eigenvalue weighted by molar-refractivity contribution is 5.89. The molecule has 0 aliphatic rings. The van der Waals surface area contributed by atoms with Gasteiger partial charge in [-0.15, -0.1) is 0 Å². The summed E-state index contributed by atoms with van der Waals surface area (Å²) in [7, 11) is 1.39. The molecule has 3 nitrogen and oxygen atoms in total. The van der Waals surface area contributed by atoms with Gasteiger partial charge in [-0.25, -0.2) is 4.79 Å². The summed E-state index contributed by atoms with van der Waals surface area (Å²) in [6.45, 7) is 2.12. The first kappa shape index (κ1) is 15.2. The topological polar surface area (TPSA) is 39.2 Å². The van der Waals surface area contributed by atoms with Gasteiger partial charge in [-0.2, -0.15) is 0 Å². The smallest absolute Gasteiger partial charge is 0.337 e. The Morgan fingerprint density at radius 1 is 1.09 bits per heavy atom. The Bertz CT molecular complexity index is 838. The predicted octanol–water partition coefficient (Wildman–Crippen LogP) is 4.17. The number of fused-ring (bicyclic) bond motifs is 1. The summed E-state index contributed by atoms with van der Waals surface area (Å²) in [6.07, 6.45) is 1.73. The van der Waals surface area contributed by atoms with Gasteiger partial charge in [-0.05, 0) is 48.2 Å². The number of methoxy groups -OCH3 is 1. The number of ether oxygens (including phenoxy) is 1. The number of aryl methyl sites for hydroxylation is 1. The van der Waals surface area contributed by atoms with Crippen LogP contribution in [0.2, 0.25) is 0 Å². The SMILES string of the molecule is CCc1cc(Cc2ccc(C(=O)OC)cc2)c2ccccc2n1. The van der Waals surface area contributed by atoms with E-state index in [1.165, 1.54) is 18.1 Å². The third-order valence-corrected chi connectivity index (χ3v) is 3.99. The molecule has 0 aliphatic heterocycles. The van der Waals surface area contributed by atoms with Crippen molar-refractivity contribution in [3.8, 4) is 0 Å². The number of carbonyl (C=O) groups is 1. The number of pyridine rings is 1. The van der Waals surface area contributed by atoms with Crippen LogP contribution in [0.4, 0.5) is 0 Å². The van der Waals surface area contributed by atoms with Crippen molar-refractivity contribution in [3.05, 3.63) is 77.0 Å². The fraction of sp³-hybridized carbons (Fsp3) is 0.200. The molecule has 0 amide bonds. The van der Waals surface area contributed by atoms with E-state index in [4.69, 9.17) is 4.74 Å². The van der Waals surface area contributed by atoms with Gasteiger partial charge in [0, 0.05) is 11.1 Å². The number of aromatic nitrogens is 1. The molecule has 0 saturated carbocycles. The molecule has 23 heavy (non-hydrogen) atoms. The summed E-state index contributed by atoms with van der Waals surface area (Å²) < 4.78 is 4.74. The van der Waals surface area contributed by atoms with Gasteiger partial charge in [0.05, 0.1) is 18.2 Å². The van der Waals surface area contributed by atoms with Crippen molar-refractivity contribution >= 4 is 16.9 Å². The van der Waals surface area contributed by atoms with Crippen LogP contribution in [0, 0.1) is 0 Å². The predicted molar refractivity (Wildman–Crippen MR) is 91.7 cm³/mol. The Hall–Kier alpha value is -2.68. The number of hydrogen-bond acceptors (Lipinski definition) is 3. The second-order valence-corrected chi connectivity index (χ2v) is 5.51. The van der Waals surface area contributed by atoms with E-state index in [2.05, 4.69) is 30.1 Å². The maximum absolute atomic E-state index is 11.5. The van der Waals surface area contributed by atoms with Crippen molar-refractivity contribution in [1.82, 2.24) is 4.98 Å². The monoisotopic (exact) mass is 305 g/mol. The molecule has 1 heterocycles. The number of para-hydroxylation sites is 1. The minimum absolute atomic E-state index is 0.306. The van der Waals surface area contributed by atoms with E-state index in [0.29, 0.717) is 5.56 Å². The fourth-order valence-corrected chi connectivity index (χ4v) is 2.73. The van der Waals surface area contributed by atoms with Crippen LogP contribution in [0.3, 0.4) is 0 Å². The average molecular weight is 305 g/mol. The first-order chi connectivity index (χ1) is 11.2. The second kappa shape index (κ2) is 6.61. The van der Waals surface area contributed by atoms with E-state index in [-0.39, 0.29) is 5.97 Å². The van der Waals surface area contributed by atoms with E-state index >= 15 is 0 Å². The first-order valence-corrected chi connectivity index (χ1v) is 7.76. The lowest BCUT2D eigenvalue weighted by molar-refractivity contribution is 0.0600. The molecule has 0 aliphatic carbocycles. The lowest BCUT2D eigenvalue weighted by Crippen LogP contribution is -2.01. The Morgan fingerprint density at radius 2 is 1.83 bits per heavy atom. The zero-order valence-electron chi connectivity index (χ0n) is 13.4. The molecular formula is C20H19NO2. The first-order valence-electron chi connectivity index (χ1n) is 7.76. The van der Waals surface area contributed by atoms with Crippen LogP contribution in [0.5, 0.6) is 0 Å². The summed E-state index contributed by atoms with van der Waals surface area (Å²) in [5.74, 6) is -0.306. The van der Waals surface area contributed by atoms with Crippen LogP contribution >= 0.6 is 0 Å². The van der Waals surface area contributed by atoms with Crippen molar-refractivity contribution < 1.29 is 9.53 Å². The largest absolute Gasteiger partial charge is 0.465 e. The van der Waals surface area contributed by atoms with E-state index in [1.54, 1.807) is 0 Å². The molecule has 0 saturated heterocycles. The van der Waals surface area contributed by atoms with Gasteiger partial charge in [0.1, 0.15) is 0 Å². The van der Waals surface area contributed by atoms with E-state index in [0.717, 1.165) is 29.6 Å².